The minimum absolute atomic E-state index is 0.103. The molecule has 0 fully saturated rings. The zero-order chi connectivity index (χ0) is 15.0. The van der Waals surface area contributed by atoms with E-state index in [-0.39, 0.29) is 12.2 Å². The Balaban J connectivity index is 2.54. The Labute approximate surface area is 116 Å². The molecule has 20 heavy (non-hydrogen) atoms. The van der Waals surface area contributed by atoms with Crippen molar-refractivity contribution in [2.75, 3.05) is 20.3 Å². The number of ether oxygens (including phenoxy) is 1. The van der Waals surface area contributed by atoms with Gasteiger partial charge in [0.05, 0.1) is 6.61 Å². The molecule has 0 unspecified atom stereocenters. The highest BCUT2D eigenvalue weighted by molar-refractivity contribution is 5.82. The van der Waals surface area contributed by atoms with E-state index in [0.29, 0.717) is 18.7 Å². The number of carboxylic acid groups (broad SMARTS) is 1. The lowest BCUT2D eigenvalue weighted by molar-refractivity contribution is -0.139. The van der Waals surface area contributed by atoms with Gasteiger partial charge in [0.1, 0.15) is 11.8 Å². The minimum Gasteiger partial charge on any atom is -0.508 e. The highest BCUT2D eigenvalue weighted by atomic mass is 16.5. The van der Waals surface area contributed by atoms with Gasteiger partial charge < -0.3 is 25.6 Å². The van der Waals surface area contributed by atoms with E-state index in [9.17, 15) is 9.59 Å². The molecule has 7 nitrogen and oxygen atoms in total. The molecule has 0 aliphatic heterocycles. The highest BCUT2D eigenvalue weighted by Crippen LogP contribution is 2.11. The Morgan fingerprint density at radius 3 is 2.50 bits per heavy atom. The van der Waals surface area contributed by atoms with Crippen molar-refractivity contribution in [3.8, 4) is 5.75 Å². The molecule has 0 heterocycles. The summed E-state index contributed by atoms with van der Waals surface area (Å²) in [7, 11) is 1.50. The molecule has 0 radical (unpaired) electrons. The number of amides is 2. The number of benzene rings is 1. The van der Waals surface area contributed by atoms with Crippen LogP contribution in [0.5, 0.6) is 5.75 Å². The smallest absolute Gasteiger partial charge is 0.326 e. The molecule has 0 saturated carbocycles. The van der Waals surface area contributed by atoms with Crippen LogP contribution in [-0.4, -0.2) is 48.5 Å². The Hall–Kier alpha value is -2.28. The number of urea groups is 1. The Morgan fingerprint density at radius 1 is 1.30 bits per heavy atom. The summed E-state index contributed by atoms with van der Waals surface area (Å²) in [5, 5.41) is 23.1. The first-order valence-corrected chi connectivity index (χ1v) is 6.07. The average Bonchev–Trinajstić information content (AvgIpc) is 2.40. The fourth-order valence-electron chi connectivity index (χ4n) is 1.54. The Morgan fingerprint density at radius 2 is 1.95 bits per heavy atom. The van der Waals surface area contributed by atoms with Crippen LogP contribution < -0.4 is 10.6 Å². The molecule has 0 bridgehead atoms. The van der Waals surface area contributed by atoms with Crippen LogP contribution in [0.4, 0.5) is 4.79 Å². The maximum Gasteiger partial charge on any atom is 0.326 e. The van der Waals surface area contributed by atoms with Crippen molar-refractivity contribution in [3.63, 3.8) is 0 Å². The van der Waals surface area contributed by atoms with Gasteiger partial charge >= 0.3 is 12.0 Å². The van der Waals surface area contributed by atoms with Gasteiger partial charge in [-0.2, -0.15) is 0 Å². The van der Waals surface area contributed by atoms with E-state index in [4.69, 9.17) is 14.9 Å². The number of carbonyl (C=O) groups is 2. The number of carbonyl (C=O) groups excluding carboxylic acids is 1. The van der Waals surface area contributed by atoms with Gasteiger partial charge in [0, 0.05) is 20.1 Å². The van der Waals surface area contributed by atoms with Crippen LogP contribution >= 0.6 is 0 Å². The van der Waals surface area contributed by atoms with Crippen LogP contribution in [0.25, 0.3) is 0 Å². The number of aliphatic carboxylic acids is 1. The molecule has 1 atom stereocenters. The monoisotopic (exact) mass is 282 g/mol. The van der Waals surface area contributed by atoms with Gasteiger partial charge in [-0.15, -0.1) is 0 Å². The number of carboxylic acids is 1. The van der Waals surface area contributed by atoms with Crippen molar-refractivity contribution in [2.45, 2.75) is 12.5 Å². The van der Waals surface area contributed by atoms with Crippen LogP contribution in [-0.2, 0) is 16.0 Å². The van der Waals surface area contributed by atoms with E-state index < -0.39 is 18.0 Å². The molecule has 1 aromatic rings. The van der Waals surface area contributed by atoms with Crippen molar-refractivity contribution >= 4 is 12.0 Å². The van der Waals surface area contributed by atoms with Crippen molar-refractivity contribution < 1.29 is 24.5 Å². The van der Waals surface area contributed by atoms with Crippen LogP contribution in [0.2, 0.25) is 0 Å². The fourth-order valence-corrected chi connectivity index (χ4v) is 1.54. The first-order valence-electron chi connectivity index (χ1n) is 6.07. The van der Waals surface area contributed by atoms with Crippen molar-refractivity contribution in [1.29, 1.82) is 0 Å². The third-order valence-electron chi connectivity index (χ3n) is 2.57. The lowest BCUT2D eigenvalue weighted by atomic mass is 10.1. The lowest BCUT2D eigenvalue weighted by Crippen LogP contribution is -2.47. The quantitative estimate of drug-likeness (QED) is 0.539. The van der Waals surface area contributed by atoms with Crippen LogP contribution in [0, 0.1) is 0 Å². The zero-order valence-corrected chi connectivity index (χ0v) is 11.1. The summed E-state index contributed by atoms with van der Waals surface area (Å²) in [6.07, 6.45) is 0.132. The summed E-state index contributed by atoms with van der Waals surface area (Å²) in [5.41, 5.74) is 0.701. The third-order valence-corrected chi connectivity index (χ3v) is 2.57. The zero-order valence-electron chi connectivity index (χ0n) is 11.1. The van der Waals surface area contributed by atoms with Gasteiger partial charge in [0.2, 0.25) is 0 Å². The van der Waals surface area contributed by atoms with E-state index in [1.807, 2.05) is 0 Å². The second-order valence-electron chi connectivity index (χ2n) is 4.15. The maximum absolute atomic E-state index is 11.5. The summed E-state index contributed by atoms with van der Waals surface area (Å²) < 4.78 is 4.77. The van der Waals surface area contributed by atoms with Crippen molar-refractivity contribution in [3.05, 3.63) is 29.8 Å². The van der Waals surface area contributed by atoms with Gasteiger partial charge in [-0.1, -0.05) is 12.1 Å². The average molecular weight is 282 g/mol. The first kappa shape index (κ1) is 15.8. The number of hydrogen-bond donors (Lipinski definition) is 4. The van der Waals surface area contributed by atoms with E-state index in [0.717, 1.165) is 0 Å². The standard InChI is InChI=1S/C13H18N2O5/c1-20-7-6-14-13(19)15-11(12(17)18)8-9-2-4-10(16)5-3-9/h2-5,11,16H,6-8H2,1H3,(H,17,18)(H2,14,15,19)/t11-/m0/s1. The number of methoxy groups -OCH3 is 1. The summed E-state index contributed by atoms with van der Waals surface area (Å²) in [5.74, 6) is -1.02. The summed E-state index contributed by atoms with van der Waals surface area (Å²) in [4.78, 5) is 22.6. The van der Waals surface area contributed by atoms with Gasteiger partial charge in [-0.25, -0.2) is 9.59 Å². The summed E-state index contributed by atoms with van der Waals surface area (Å²) in [6, 6.07) is 4.54. The molecule has 0 saturated heterocycles. The van der Waals surface area contributed by atoms with Crippen LogP contribution in [0.15, 0.2) is 24.3 Å². The fraction of sp³-hybridized carbons (Fsp3) is 0.385. The SMILES string of the molecule is COCCNC(=O)N[C@@H](Cc1ccc(O)cc1)C(=O)O. The number of nitrogens with one attached hydrogen (secondary N) is 2. The summed E-state index contributed by atoms with van der Waals surface area (Å²) >= 11 is 0. The molecule has 4 N–H and O–H groups in total. The van der Waals surface area contributed by atoms with Gasteiger partial charge in [-0.3, -0.25) is 0 Å². The van der Waals surface area contributed by atoms with Crippen LogP contribution in [0.1, 0.15) is 5.56 Å². The number of rotatable bonds is 7. The normalized spacial score (nSPS) is 11.7. The lowest BCUT2D eigenvalue weighted by Gasteiger charge is -2.15. The van der Waals surface area contributed by atoms with E-state index in [2.05, 4.69) is 10.6 Å². The van der Waals surface area contributed by atoms with Crippen molar-refractivity contribution in [1.82, 2.24) is 10.6 Å². The molecular formula is C13H18N2O5. The second kappa shape index (κ2) is 8.00. The predicted octanol–water partition coefficient (Wildman–Crippen LogP) is 0.333. The van der Waals surface area contributed by atoms with Crippen LogP contribution in [0.3, 0.4) is 0 Å². The van der Waals surface area contributed by atoms with Gasteiger partial charge in [-0.05, 0) is 17.7 Å². The molecule has 7 heteroatoms. The van der Waals surface area contributed by atoms with E-state index >= 15 is 0 Å². The number of hydrogen-bond acceptors (Lipinski definition) is 4. The minimum atomic E-state index is -1.13. The number of aromatic hydroxyl groups is 1. The predicted molar refractivity (Wildman–Crippen MR) is 71.6 cm³/mol. The van der Waals surface area contributed by atoms with E-state index in [1.165, 1.54) is 19.2 Å². The van der Waals surface area contributed by atoms with E-state index in [1.54, 1.807) is 12.1 Å². The maximum atomic E-state index is 11.5. The second-order valence-corrected chi connectivity index (χ2v) is 4.15. The number of phenols is 1. The highest BCUT2D eigenvalue weighted by Gasteiger charge is 2.20. The van der Waals surface area contributed by atoms with Gasteiger partial charge in [0.15, 0.2) is 0 Å². The first-order chi connectivity index (χ1) is 9.52. The molecule has 0 spiro atoms. The van der Waals surface area contributed by atoms with Crippen molar-refractivity contribution in [2.24, 2.45) is 0 Å². The molecule has 2 amide bonds. The Bertz CT molecular complexity index is 447. The largest absolute Gasteiger partial charge is 0.508 e. The van der Waals surface area contributed by atoms with Gasteiger partial charge in [0.25, 0.3) is 0 Å². The molecule has 0 aromatic heterocycles. The molecule has 1 aromatic carbocycles. The molecule has 1 rings (SSSR count). The molecule has 0 aliphatic rings. The molecular weight excluding hydrogens is 264 g/mol. The summed E-state index contributed by atoms with van der Waals surface area (Å²) in [6.45, 7) is 0.650. The third kappa shape index (κ3) is 5.57. The topological polar surface area (TPSA) is 108 Å². The molecule has 0 aliphatic carbocycles. The number of phenolic OH excluding ortho intramolecular Hbond substituents is 1. The Kier molecular flexibility index (Phi) is 6.31. The molecule has 110 valence electrons.